The quantitative estimate of drug-likeness (QED) is 0.590. The minimum Gasteiger partial charge on any atom is -0.329 e. The predicted octanol–water partition coefficient (Wildman–Crippen LogP) is -1.04. The fraction of sp³-hybridized carbons (Fsp3) is 0.800. The molecule has 0 aromatic heterocycles. The number of nitrogens with zero attached hydrogens (tertiary/aromatic N) is 2. The van der Waals surface area contributed by atoms with Crippen LogP contribution in [0.5, 0.6) is 0 Å². The number of amides is 3. The van der Waals surface area contributed by atoms with Gasteiger partial charge in [0.2, 0.25) is 0 Å². The number of likely N-dealkylation sites (tertiary alicyclic amines) is 1. The summed E-state index contributed by atoms with van der Waals surface area (Å²) in [5.74, 6) is -0.154. The molecule has 0 aromatic carbocycles. The Morgan fingerprint density at radius 2 is 2.00 bits per heavy atom. The van der Waals surface area contributed by atoms with Crippen LogP contribution in [0.25, 0.3) is 0 Å². The van der Waals surface area contributed by atoms with E-state index in [4.69, 9.17) is 5.73 Å². The Balaban J connectivity index is 2.21. The number of hydrogen-bond acceptors (Lipinski definition) is 4. The molecule has 1 spiro atoms. The highest BCUT2D eigenvalue weighted by atomic mass is 16.2. The number of nitrogens with two attached hydrogens (primary N) is 1. The minimum atomic E-state index is -0.636. The van der Waals surface area contributed by atoms with Crippen molar-refractivity contribution in [2.24, 2.45) is 5.73 Å². The molecule has 0 saturated carbocycles. The van der Waals surface area contributed by atoms with E-state index in [-0.39, 0.29) is 11.9 Å². The second-order valence-corrected chi connectivity index (χ2v) is 4.53. The first-order chi connectivity index (χ1) is 7.60. The van der Waals surface area contributed by atoms with Gasteiger partial charge in [0, 0.05) is 26.2 Å². The number of urea groups is 1. The first-order valence-corrected chi connectivity index (χ1v) is 5.62. The van der Waals surface area contributed by atoms with Gasteiger partial charge >= 0.3 is 6.03 Å². The minimum absolute atomic E-state index is 0.154. The molecule has 0 radical (unpaired) electrons. The van der Waals surface area contributed by atoms with Gasteiger partial charge in [-0.25, -0.2) is 4.79 Å². The molecule has 2 saturated heterocycles. The van der Waals surface area contributed by atoms with Crippen LogP contribution in [0, 0.1) is 0 Å². The molecule has 3 N–H and O–H groups in total. The molecular weight excluding hydrogens is 208 g/mol. The molecule has 0 unspecified atom stereocenters. The van der Waals surface area contributed by atoms with Gasteiger partial charge < -0.3 is 15.5 Å². The summed E-state index contributed by atoms with van der Waals surface area (Å²) in [5, 5.41) is 2.40. The molecule has 0 bridgehead atoms. The van der Waals surface area contributed by atoms with E-state index in [0.717, 1.165) is 13.1 Å². The zero-order chi connectivity index (χ0) is 11.8. The third-order valence-electron chi connectivity index (χ3n) is 3.57. The van der Waals surface area contributed by atoms with Gasteiger partial charge in [-0.15, -0.1) is 0 Å². The zero-order valence-electron chi connectivity index (χ0n) is 9.53. The first kappa shape index (κ1) is 11.3. The second-order valence-electron chi connectivity index (χ2n) is 4.53. The van der Waals surface area contributed by atoms with E-state index in [1.165, 1.54) is 0 Å². The van der Waals surface area contributed by atoms with Crippen molar-refractivity contribution < 1.29 is 9.59 Å². The van der Waals surface area contributed by atoms with E-state index in [0.29, 0.717) is 25.9 Å². The summed E-state index contributed by atoms with van der Waals surface area (Å²) in [6.07, 6.45) is 1.39. The lowest BCUT2D eigenvalue weighted by atomic mass is 9.86. The van der Waals surface area contributed by atoms with Crippen molar-refractivity contribution in [3.8, 4) is 0 Å². The van der Waals surface area contributed by atoms with E-state index in [9.17, 15) is 9.59 Å². The number of hydrogen-bond donors (Lipinski definition) is 2. The van der Waals surface area contributed by atoms with Crippen molar-refractivity contribution in [1.29, 1.82) is 0 Å². The average Bonchev–Trinajstić information content (AvgIpc) is 2.48. The predicted molar refractivity (Wildman–Crippen MR) is 58.8 cm³/mol. The zero-order valence-corrected chi connectivity index (χ0v) is 9.53. The number of piperidine rings is 1. The largest absolute Gasteiger partial charge is 0.329 e. The Hall–Kier alpha value is -1.14. The summed E-state index contributed by atoms with van der Waals surface area (Å²) in [5.41, 5.74) is 4.85. The number of carbonyl (C=O) groups excluding carboxylic acids is 2. The molecule has 3 amide bonds. The summed E-state index contributed by atoms with van der Waals surface area (Å²) in [7, 11) is 2.02. The van der Waals surface area contributed by atoms with E-state index in [2.05, 4.69) is 10.2 Å². The number of imide groups is 1. The van der Waals surface area contributed by atoms with Crippen LogP contribution in [0.15, 0.2) is 0 Å². The molecule has 90 valence electrons. The first-order valence-electron chi connectivity index (χ1n) is 5.62. The lowest BCUT2D eigenvalue weighted by Gasteiger charge is -2.41. The SMILES string of the molecule is CN1CCC2(CC1)C(=O)NC(=O)N2CCN. The molecule has 16 heavy (non-hydrogen) atoms. The number of carbonyl (C=O) groups is 2. The van der Waals surface area contributed by atoms with Crippen molar-refractivity contribution in [3.63, 3.8) is 0 Å². The number of nitrogens with one attached hydrogen (secondary N) is 1. The van der Waals surface area contributed by atoms with Crippen molar-refractivity contribution in [3.05, 3.63) is 0 Å². The Kier molecular flexibility index (Phi) is 2.86. The Labute approximate surface area is 94.7 Å². The molecule has 2 heterocycles. The molecule has 0 atom stereocenters. The van der Waals surface area contributed by atoms with Gasteiger partial charge in [0.15, 0.2) is 0 Å². The maximum absolute atomic E-state index is 11.9. The second kappa shape index (κ2) is 4.03. The fourth-order valence-corrected chi connectivity index (χ4v) is 2.53. The van der Waals surface area contributed by atoms with Crippen LogP contribution in [0.3, 0.4) is 0 Å². The van der Waals surface area contributed by atoms with Crippen molar-refractivity contribution >= 4 is 11.9 Å². The smallest absolute Gasteiger partial charge is 0.325 e. The molecule has 2 fully saturated rings. The molecule has 2 aliphatic heterocycles. The summed E-state index contributed by atoms with van der Waals surface area (Å²) < 4.78 is 0. The molecular formula is C10H18N4O2. The van der Waals surface area contributed by atoms with Crippen LogP contribution in [-0.2, 0) is 4.79 Å². The average molecular weight is 226 g/mol. The maximum atomic E-state index is 11.9. The van der Waals surface area contributed by atoms with Crippen LogP contribution < -0.4 is 11.1 Å². The molecule has 2 aliphatic rings. The topological polar surface area (TPSA) is 78.7 Å². The van der Waals surface area contributed by atoms with Gasteiger partial charge in [-0.1, -0.05) is 0 Å². The highest BCUT2D eigenvalue weighted by Crippen LogP contribution is 2.32. The molecule has 0 aromatic rings. The Bertz CT molecular complexity index is 310. The van der Waals surface area contributed by atoms with E-state index >= 15 is 0 Å². The van der Waals surface area contributed by atoms with Gasteiger partial charge in [-0.2, -0.15) is 0 Å². The van der Waals surface area contributed by atoms with Gasteiger partial charge in [-0.05, 0) is 19.9 Å². The van der Waals surface area contributed by atoms with Crippen LogP contribution >= 0.6 is 0 Å². The van der Waals surface area contributed by atoms with Gasteiger partial charge in [0.1, 0.15) is 5.54 Å². The third kappa shape index (κ3) is 1.58. The monoisotopic (exact) mass is 226 g/mol. The van der Waals surface area contributed by atoms with Crippen LogP contribution in [0.4, 0.5) is 4.79 Å². The van der Waals surface area contributed by atoms with Crippen LogP contribution in [0.2, 0.25) is 0 Å². The highest BCUT2D eigenvalue weighted by molar-refractivity contribution is 6.07. The van der Waals surface area contributed by atoms with Crippen molar-refractivity contribution in [2.75, 3.05) is 33.2 Å². The summed E-state index contributed by atoms with van der Waals surface area (Å²) in [6.45, 7) is 2.50. The molecule has 2 rings (SSSR count). The number of rotatable bonds is 2. The van der Waals surface area contributed by atoms with Crippen molar-refractivity contribution in [2.45, 2.75) is 18.4 Å². The molecule has 0 aliphatic carbocycles. The van der Waals surface area contributed by atoms with Gasteiger partial charge in [0.25, 0.3) is 5.91 Å². The summed E-state index contributed by atoms with van der Waals surface area (Å²) in [4.78, 5) is 27.4. The van der Waals surface area contributed by atoms with Crippen molar-refractivity contribution in [1.82, 2.24) is 15.1 Å². The normalized spacial score (nSPS) is 25.2. The third-order valence-corrected chi connectivity index (χ3v) is 3.57. The van der Waals surface area contributed by atoms with E-state index in [1.807, 2.05) is 7.05 Å². The molecule has 6 heteroatoms. The highest BCUT2D eigenvalue weighted by Gasteiger charge is 2.53. The van der Waals surface area contributed by atoms with Crippen LogP contribution in [-0.4, -0.2) is 60.5 Å². The van der Waals surface area contributed by atoms with Gasteiger partial charge in [-0.3, -0.25) is 10.1 Å². The van der Waals surface area contributed by atoms with Crippen LogP contribution in [0.1, 0.15) is 12.8 Å². The summed E-state index contributed by atoms with van der Waals surface area (Å²) >= 11 is 0. The van der Waals surface area contributed by atoms with Gasteiger partial charge in [0.05, 0.1) is 0 Å². The lowest BCUT2D eigenvalue weighted by molar-refractivity contribution is -0.128. The fourth-order valence-electron chi connectivity index (χ4n) is 2.53. The molecule has 6 nitrogen and oxygen atoms in total. The lowest BCUT2D eigenvalue weighted by Crippen LogP contribution is -2.56. The van der Waals surface area contributed by atoms with E-state index < -0.39 is 5.54 Å². The Morgan fingerprint density at radius 1 is 1.38 bits per heavy atom. The standard InChI is InChI=1S/C10H18N4O2/c1-13-5-2-10(3-6-13)8(15)12-9(16)14(10)7-4-11/h2-7,11H2,1H3,(H,12,15,16). The van der Waals surface area contributed by atoms with E-state index in [1.54, 1.807) is 4.90 Å². The Morgan fingerprint density at radius 3 is 2.56 bits per heavy atom. The summed E-state index contributed by atoms with van der Waals surface area (Å²) in [6, 6.07) is -0.292. The maximum Gasteiger partial charge on any atom is 0.325 e.